The fraction of sp³-hybridized carbons (Fsp3) is 0. The monoisotopic (exact) mass is 113 g/mol. The molecule has 0 aromatic carbocycles. The van der Waals surface area contributed by atoms with Gasteiger partial charge in [0.15, 0.2) is 5.15 Å². The summed E-state index contributed by atoms with van der Waals surface area (Å²) in [6.45, 7) is 0. The normalized spacial score (nSPS) is 8.71. The van der Waals surface area contributed by atoms with Crippen LogP contribution in [0.25, 0.3) is 0 Å². The van der Waals surface area contributed by atoms with Crippen LogP contribution in [0.3, 0.4) is 0 Å². The summed E-state index contributed by atoms with van der Waals surface area (Å²) in [5, 5.41) is 7.29. The van der Waals surface area contributed by atoms with Crippen molar-refractivity contribution in [1.82, 2.24) is 10.2 Å². The molecule has 0 bridgehead atoms. The molecule has 0 aliphatic rings. The molecule has 0 saturated heterocycles. The smallest absolute Gasteiger partial charge is 0.152 e. The number of hydrogen-bond acceptors (Lipinski definition) is 2. The number of rotatable bonds is 0. The van der Waals surface area contributed by atoms with E-state index in [0.717, 1.165) is 0 Å². The van der Waals surface area contributed by atoms with E-state index < -0.39 is 0 Å². The molecule has 0 atom stereocenters. The standard InChI is InChI=1S/C4H2ClN2/c5-4-2-1-3-6-7-4/h2-3H. The van der Waals surface area contributed by atoms with Gasteiger partial charge in [0.05, 0.1) is 6.20 Å². The molecule has 3 heteroatoms. The molecule has 1 rings (SSSR count). The van der Waals surface area contributed by atoms with Crippen molar-refractivity contribution < 1.29 is 0 Å². The molecule has 0 unspecified atom stereocenters. The molecule has 7 heavy (non-hydrogen) atoms. The Hall–Kier alpha value is -0.630. The molecule has 0 spiro atoms. The molecule has 1 aromatic rings. The van der Waals surface area contributed by atoms with Crippen LogP contribution in [0, 0.1) is 6.07 Å². The summed E-state index contributed by atoms with van der Waals surface area (Å²) >= 11 is 5.33. The van der Waals surface area contributed by atoms with Gasteiger partial charge in [-0.15, -0.1) is 5.10 Å². The first-order chi connectivity index (χ1) is 3.39. The largest absolute Gasteiger partial charge is 0.157 e. The second-order valence-electron chi connectivity index (χ2n) is 0.978. The molecule has 0 fully saturated rings. The number of hydrogen-bond donors (Lipinski definition) is 0. The van der Waals surface area contributed by atoms with Crippen molar-refractivity contribution in [2.24, 2.45) is 0 Å². The van der Waals surface area contributed by atoms with Crippen molar-refractivity contribution in [3.8, 4) is 0 Å². The molecule has 2 nitrogen and oxygen atoms in total. The summed E-state index contributed by atoms with van der Waals surface area (Å²) in [4.78, 5) is 0. The van der Waals surface area contributed by atoms with Crippen molar-refractivity contribution in [3.63, 3.8) is 0 Å². The average Bonchev–Trinajstić information content (AvgIpc) is 1.69. The summed E-state index contributed by atoms with van der Waals surface area (Å²) in [6, 6.07) is 4.21. The van der Waals surface area contributed by atoms with Gasteiger partial charge in [0.2, 0.25) is 0 Å². The van der Waals surface area contributed by atoms with Crippen LogP contribution in [0.2, 0.25) is 5.15 Å². The van der Waals surface area contributed by atoms with E-state index in [-0.39, 0.29) is 0 Å². The topological polar surface area (TPSA) is 25.8 Å². The Morgan fingerprint density at radius 2 is 2.57 bits per heavy atom. The SMILES string of the molecule is Clc1c[c]cnn1. The van der Waals surface area contributed by atoms with E-state index in [0.29, 0.717) is 5.15 Å². The maximum atomic E-state index is 5.33. The maximum absolute atomic E-state index is 5.33. The predicted molar refractivity (Wildman–Crippen MR) is 25.9 cm³/mol. The van der Waals surface area contributed by atoms with Crippen LogP contribution in [0.4, 0.5) is 0 Å². The van der Waals surface area contributed by atoms with Crippen molar-refractivity contribution in [1.29, 1.82) is 0 Å². The van der Waals surface area contributed by atoms with Crippen LogP contribution in [-0.2, 0) is 0 Å². The molecular formula is C4H2ClN2. The van der Waals surface area contributed by atoms with Gasteiger partial charge < -0.3 is 0 Å². The third kappa shape index (κ3) is 1.12. The van der Waals surface area contributed by atoms with Crippen LogP contribution < -0.4 is 0 Å². The Bertz CT molecular complexity index is 140. The Kier molecular flexibility index (Phi) is 1.22. The highest BCUT2D eigenvalue weighted by Crippen LogP contribution is 1.95. The molecule has 0 aliphatic heterocycles. The molecule has 0 amide bonds. The van der Waals surface area contributed by atoms with Gasteiger partial charge in [-0.05, 0) is 6.07 Å². The molecule has 0 aliphatic carbocycles. The van der Waals surface area contributed by atoms with E-state index in [1.165, 1.54) is 6.20 Å². The third-order valence-corrected chi connectivity index (χ3v) is 0.673. The van der Waals surface area contributed by atoms with Gasteiger partial charge >= 0.3 is 0 Å². The second kappa shape index (κ2) is 1.89. The summed E-state index contributed by atoms with van der Waals surface area (Å²) < 4.78 is 0. The fourth-order valence-corrected chi connectivity index (χ4v) is 0.359. The zero-order valence-electron chi connectivity index (χ0n) is 3.43. The number of nitrogens with zero attached hydrogens (tertiary/aromatic N) is 2. The fourth-order valence-electron chi connectivity index (χ4n) is 0.252. The van der Waals surface area contributed by atoms with Gasteiger partial charge in [-0.1, -0.05) is 11.6 Å². The highest BCUT2D eigenvalue weighted by Gasteiger charge is 1.78. The highest BCUT2D eigenvalue weighted by atomic mass is 35.5. The zero-order chi connectivity index (χ0) is 5.11. The lowest BCUT2D eigenvalue weighted by atomic mass is 10.6. The maximum Gasteiger partial charge on any atom is 0.152 e. The molecule has 1 radical (unpaired) electrons. The minimum atomic E-state index is 0.377. The predicted octanol–water partition coefficient (Wildman–Crippen LogP) is 0.930. The quantitative estimate of drug-likeness (QED) is 0.500. The van der Waals surface area contributed by atoms with Gasteiger partial charge in [-0.25, -0.2) is 0 Å². The van der Waals surface area contributed by atoms with E-state index in [9.17, 15) is 0 Å². The van der Waals surface area contributed by atoms with E-state index in [1.807, 2.05) is 0 Å². The van der Waals surface area contributed by atoms with Crippen LogP contribution in [0.1, 0.15) is 0 Å². The lowest BCUT2D eigenvalue weighted by Crippen LogP contribution is -1.75. The first-order valence-corrected chi connectivity index (χ1v) is 2.11. The van der Waals surface area contributed by atoms with E-state index in [1.54, 1.807) is 6.07 Å². The molecule has 1 heterocycles. The zero-order valence-corrected chi connectivity index (χ0v) is 4.18. The van der Waals surface area contributed by atoms with Crippen molar-refractivity contribution in [2.45, 2.75) is 0 Å². The first-order valence-electron chi connectivity index (χ1n) is 1.74. The van der Waals surface area contributed by atoms with Crippen LogP contribution in [0.5, 0.6) is 0 Å². The van der Waals surface area contributed by atoms with E-state index in [4.69, 9.17) is 11.6 Å². The Labute approximate surface area is 46.1 Å². The molecule has 0 N–H and O–H groups in total. The van der Waals surface area contributed by atoms with E-state index >= 15 is 0 Å². The number of aromatic nitrogens is 2. The van der Waals surface area contributed by atoms with Crippen molar-refractivity contribution in [3.05, 3.63) is 23.5 Å². The summed E-state index contributed by atoms with van der Waals surface area (Å²) in [6.07, 6.45) is 1.45. The van der Waals surface area contributed by atoms with Crippen LogP contribution >= 0.6 is 11.6 Å². The van der Waals surface area contributed by atoms with Gasteiger partial charge in [-0.2, -0.15) is 5.10 Å². The third-order valence-electron chi connectivity index (χ3n) is 0.488. The highest BCUT2D eigenvalue weighted by molar-refractivity contribution is 6.29. The molecule has 1 aromatic heterocycles. The van der Waals surface area contributed by atoms with Crippen LogP contribution in [-0.4, -0.2) is 10.2 Å². The average molecular weight is 114 g/mol. The van der Waals surface area contributed by atoms with Gasteiger partial charge in [0.25, 0.3) is 0 Å². The van der Waals surface area contributed by atoms with Crippen molar-refractivity contribution in [2.75, 3.05) is 0 Å². The molecule has 35 valence electrons. The minimum Gasteiger partial charge on any atom is -0.157 e. The lowest BCUT2D eigenvalue weighted by molar-refractivity contribution is 1.03. The van der Waals surface area contributed by atoms with Crippen LogP contribution in [0.15, 0.2) is 12.3 Å². The first kappa shape index (κ1) is 4.53. The minimum absolute atomic E-state index is 0.377. The summed E-state index contributed by atoms with van der Waals surface area (Å²) in [5.74, 6) is 0. The Morgan fingerprint density at radius 1 is 1.71 bits per heavy atom. The lowest BCUT2D eigenvalue weighted by Gasteiger charge is -1.77. The van der Waals surface area contributed by atoms with Gasteiger partial charge in [0, 0.05) is 6.07 Å². The molecular weight excluding hydrogens is 112 g/mol. The second-order valence-corrected chi connectivity index (χ2v) is 1.37. The van der Waals surface area contributed by atoms with Gasteiger partial charge in [0.1, 0.15) is 0 Å². The van der Waals surface area contributed by atoms with E-state index in [2.05, 4.69) is 16.3 Å². The summed E-state index contributed by atoms with van der Waals surface area (Å²) in [5.41, 5.74) is 0. The molecule has 0 saturated carbocycles. The van der Waals surface area contributed by atoms with Crippen molar-refractivity contribution >= 4 is 11.6 Å². The number of halogens is 1. The Balaban J connectivity index is 3.02. The Morgan fingerprint density at radius 3 is 2.86 bits per heavy atom. The van der Waals surface area contributed by atoms with Gasteiger partial charge in [-0.3, -0.25) is 0 Å². The summed E-state index contributed by atoms with van der Waals surface area (Å²) in [7, 11) is 0.